The molecular formula is C16H21NO3. The van der Waals surface area contributed by atoms with Crippen LogP contribution in [0.2, 0.25) is 0 Å². The quantitative estimate of drug-likeness (QED) is 0.881. The molecule has 1 aliphatic rings. The van der Waals surface area contributed by atoms with Crippen molar-refractivity contribution < 1.29 is 14.3 Å². The van der Waals surface area contributed by atoms with Gasteiger partial charge in [0.15, 0.2) is 11.3 Å². The van der Waals surface area contributed by atoms with Crippen molar-refractivity contribution in [1.82, 2.24) is 5.32 Å². The molecule has 20 heavy (non-hydrogen) atoms. The van der Waals surface area contributed by atoms with Crippen molar-refractivity contribution in [3.8, 4) is 5.75 Å². The molecule has 1 fully saturated rings. The average Bonchev–Trinajstić information content (AvgIpc) is 3.10. The molecule has 1 aromatic carbocycles. The van der Waals surface area contributed by atoms with Crippen molar-refractivity contribution in [2.75, 3.05) is 13.7 Å². The Morgan fingerprint density at radius 2 is 2.30 bits per heavy atom. The van der Waals surface area contributed by atoms with Gasteiger partial charge in [0, 0.05) is 18.0 Å². The lowest BCUT2D eigenvalue weighted by Gasteiger charge is -2.18. The molecule has 4 nitrogen and oxygen atoms in total. The van der Waals surface area contributed by atoms with E-state index in [1.807, 2.05) is 24.3 Å². The fourth-order valence-corrected chi connectivity index (χ4v) is 3.09. The minimum absolute atomic E-state index is 0.269. The molecule has 108 valence electrons. The summed E-state index contributed by atoms with van der Waals surface area (Å²) in [5.41, 5.74) is 0.803. The molecule has 1 saturated carbocycles. The molecule has 0 bridgehead atoms. The van der Waals surface area contributed by atoms with Gasteiger partial charge in [-0.2, -0.15) is 0 Å². The number of para-hydroxylation sites is 1. The second kappa shape index (κ2) is 5.85. The van der Waals surface area contributed by atoms with Crippen LogP contribution in [-0.4, -0.2) is 24.9 Å². The molecule has 0 radical (unpaired) electrons. The van der Waals surface area contributed by atoms with Crippen molar-refractivity contribution in [2.45, 2.75) is 31.8 Å². The van der Waals surface area contributed by atoms with Crippen molar-refractivity contribution in [1.29, 1.82) is 0 Å². The Hall–Kier alpha value is -1.52. The van der Waals surface area contributed by atoms with Crippen molar-refractivity contribution in [3.63, 3.8) is 0 Å². The number of benzene rings is 1. The Morgan fingerprint density at radius 3 is 3.10 bits per heavy atom. The lowest BCUT2D eigenvalue weighted by atomic mass is 10.1. The monoisotopic (exact) mass is 275 g/mol. The largest absolute Gasteiger partial charge is 0.493 e. The SMILES string of the molecule is COc1cccc2cc(CNC3CCCC3CO)oc12. The molecule has 4 heteroatoms. The van der Waals surface area contributed by atoms with Gasteiger partial charge in [-0.05, 0) is 30.9 Å². The van der Waals surface area contributed by atoms with E-state index in [1.165, 1.54) is 6.42 Å². The van der Waals surface area contributed by atoms with Gasteiger partial charge in [0.2, 0.25) is 0 Å². The van der Waals surface area contributed by atoms with Crippen molar-refractivity contribution >= 4 is 11.0 Å². The first kappa shape index (κ1) is 13.5. The molecule has 3 rings (SSSR count). The summed E-state index contributed by atoms with van der Waals surface area (Å²) in [6, 6.07) is 8.34. The summed E-state index contributed by atoms with van der Waals surface area (Å²) >= 11 is 0. The van der Waals surface area contributed by atoms with Gasteiger partial charge in [0.05, 0.1) is 13.7 Å². The van der Waals surface area contributed by atoms with Crippen LogP contribution in [0.4, 0.5) is 0 Å². The van der Waals surface area contributed by atoms with E-state index in [4.69, 9.17) is 9.15 Å². The maximum atomic E-state index is 9.34. The maximum absolute atomic E-state index is 9.34. The Labute approximate surface area is 118 Å². The van der Waals surface area contributed by atoms with Gasteiger partial charge in [-0.1, -0.05) is 18.6 Å². The van der Waals surface area contributed by atoms with E-state index in [0.29, 0.717) is 18.5 Å². The smallest absolute Gasteiger partial charge is 0.176 e. The zero-order valence-electron chi connectivity index (χ0n) is 11.8. The number of ether oxygens (including phenoxy) is 1. The summed E-state index contributed by atoms with van der Waals surface area (Å²) in [7, 11) is 1.65. The normalized spacial score (nSPS) is 22.5. The summed E-state index contributed by atoms with van der Waals surface area (Å²) in [5.74, 6) is 2.06. The highest BCUT2D eigenvalue weighted by Crippen LogP contribution is 2.29. The number of methoxy groups -OCH3 is 1. The number of nitrogens with one attached hydrogen (secondary N) is 1. The lowest BCUT2D eigenvalue weighted by molar-refractivity contribution is 0.204. The Balaban J connectivity index is 1.72. The van der Waals surface area contributed by atoms with Crippen LogP contribution in [-0.2, 0) is 6.54 Å². The predicted molar refractivity (Wildman–Crippen MR) is 77.8 cm³/mol. The molecule has 0 amide bonds. The molecule has 1 aliphatic carbocycles. The number of rotatable bonds is 5. The van der Waals surface area contributed by atoms with E-state index in [1.54, 1.807) is 7.11 Å². The van der Waals surface area contributed by atoms with Gasteiger partial charge in [0.1, 0.15) is 5.76 Å². The van der Waals surface area contributed by atoms with Crippen LogP contribution in [0.25, 0.3) is 11.0 Å². The van der Waals surface area contributed by atoms with Crippen LogP contribution in [0.15, 0.2) is 28.7 Å². The first-order chi connectivity index (χ1) is 9.81. The fraction of sp³-hybridized carbons (Fsp3) is 0.500. The first-order valence-corrected chi connectivity index (χ1v) is 7.21. The highest BCUT2D eigenvalue weighted by Gasteiger charge is 2.26. The number of hydrogen-bond acceptors (Lipinski definition) is 4. The summed E-state index contributed by atoms with van der Waals surface area (Å²) < 4.78 is 11.2. The van der Waals surface area contributed by atoms with Gasteiger partial charge in [-0.15, -0.1) is 0 Å². The summed E-state index contributed by atoms with van der Waals surface area (Å²) in [5, 5.41) is 13.9. The minimum atomic E-state index is 0.269. The molecule has 2 aromatic rings. The molecule has 0 saturated heterocycles. The number of furan rings is 1. The molecule has 0 spiro atoms. The zero-order chi connectivity index (χ0) is 13.9. The van der Waals surface area contributed by atoms with E-state index in [-0.39, 0.29) is 6.61 Å². The predicted octanol–water partition coefficient (Wildman–Crippen LogP) is 2.69. The molecule has 1 heterocycles. The van der Waals surface area contributed by atoms with Crippen LogP contribution < -0.4 is 10.1 Å². The first-order valence-electron chi connectivity index (χ1n) is 7.21. The Bertz CT molecular complexity index is 578. The standard InChI is InChI=1S/C16H21NO3/c1-19-15-7-3-4-11-8-13(20-16(11)15)9-17-14-6-2-5-12(14)10-18/h3-4,7-8,12,14,17-18H,2,5-6,9-10H2,1H3. The van der Waals surface area contributed by atoms with Gasteiger partial charge in [0.25, 0.3) is 0 Å². The third-order valence-electron chi connectivity index (χ3n) is 4.21. The number of hydrogen-bond donors (Lipinski definition) is 2. The lowest BCUT2D eigenvalue weighted by Crippen LogP contribution is -2.33. The summed E-state index contributed by atoms with van der Waals surface area (Å²) in [4.78, 5) is 0. The fourth-order valence-electron chi connectivity index (χ4n) is 3.09. The topological polar surface area (TPSA) is 54.6 Å². The second-order valence-corrected chi connectivity index (χ2v) is 5.45. The van der Waals surface area contributed by atoms with E-state index in [0.717, 1.165) is 35.3 Å². The second-order valence-electron chi connectivity index (χ2n) is 5.45. The van der Waals surface area contributed by atoms with Crippen LogP contribution in [0, 0.1) is 5.92 Å². The van der Waals surface area contributed by atoms with Crippen LogP contribution in [0.3, 0.4) is 0 Å². The minimum Gasteiger partial charge on any atom is -0.493 e. The number of aliphatic hydroxyl groups excluding tert-OH is 1. The highest BCUT2D eigenvalue weighted by atomic mass is 16.5. The number of aliphatic hydroxyl groups is 1. The average molecular weight is 275 g/mol. The summed E-state index contributed by atoms with van der Waals surface area (Å²) in [6.07, 6.45) is 3.44. The molecular weight excluding hydrogens is 254 g/mol. The van der Waals surface area contributed by atoms with E-state index < -0.39 is 0 Å². The van der Waals surface area contributed by atoms with E-state index in [2.05, 4.69) is 5.32 Å². The number of fused-ring (bicyclic) bond motifs is 1. The summed E-state index contributed by atoms with van der Waals surface area (Å²) in [6.45, 7) is 0.963. The van der Waals surface area contributed by atoms with Crippen LogP contribution in [0.5, 0.6) is 5.75 Å². The molecule has 2 unspecified atom stereocenters. The third kappa shape index (κ3) is 2.53. The van der Waals surface area contributed by atoms with Crippen LogP contribution >= 0.6 is 0 Å². The van der Waals surface area contributed by atoms with E-state index in [9.17, 15) is 5.11 Å². The van der Waals surface area contributed by atoms with E-state index >= 15 is 0 Å². The van der Waals surface area contributed by atoms with Crippen molar-refractivity contribution in [3.05, 3.63) is 30.0 Å². The molecule has 2 N–H and O–H groups in total. The van der Waals surface area contributed by atoms with Gasteiger partial charge < -0.3 is 19.6 Å². The van der Waals surface area contributed by atoms with Crippen molar-refractivity contribution in [2.24, 2.45) is 5.92 Å². The zero-order valence-corrected chi connectivity index (χ0v) is 11.8. The molecule has 2 atom stereocenters. The van der Waals surface area contributed by atoms with Gasteiger partial charge in [-0.25, -0.2) is 0 Å². The highest BCUT2D eigenvalue weighted by molar-refractivity contribution is 5.83. The Morgan fingerprint density at radius 1 is 1.40 bits per heavy atom. The van der Waals surface area contributed by atoms with Crippen LogP contribution in [0.1, 0.15) is 25.0 Å². The molecule has 1 aromatic heterocycles. The maximum Gasteiger partial charge on any atom is 0.176 e. The molecule has 0 aliphatic heterocycles. The Kier molecular flexibility index (Phi) is 3.94. The van der Waals surface area contributed by atoms with Gasteiger partial charge >= 0.3 is 0 Å². The van der Waals surface area contributed by atoms with Gasteiger partial charge in [-0.3, -0.25) is 0 Å². The third-order valence-corrected chi connectivity index (χ3v) is 4.21.